The Balaban J connectivity index is 2.20. The van der Waals surface area contributed by atoms with Gasteiger partial charge < -0.3 is 9.64 Å². The van der Waals surface area contributed by atoms with Gasteiger partial charge in [0.2, 0.25) is 0 Å². The van der Waals surface area contributed by atoms with Crippen molar-refractivity contribution in [2.24, 2.45) is 7.05 Å². The van der Waals surface area contributed by atoms with Crippen LogP contribution in [0.25, 0.3) is 0 Å². The molecule has 0 saturated carbocycles. The van der Waals surface area contributed by atoms with E-state index < -0.39 is 0 Å². The summed E-state index contributed by atoms with van der Waals surface area (Å²) in [6, 6.07) is 0. The van der Waals surface area contributed by atoms with Crippen LogP contribution in [0.3, 0.4) is 0 Å². The Kier molecular flexibility index (Phi) is 3.72. The molecule has 0 bridgehead atoms. The number of aryl methyl sites for hydroxylation is 1. The molecule has 1 saturated heterocycles. The predicted molar refractivity (Wildman–Crippen MR) is 71.8 cm³/mol. The molecule has 1 aliphatic rings. The zero-order valence-electron chi connectivity index (χ0n) is 10.2. The van der Waals surface area contributed by atoms with Crippen molar-refractivity contribution in [3.63, 3.8) is 0 Å². The van der Waals surface area contributed by atoms with Crippen molar-refractivity contribution in [1.29, 1.82) is 0 Å². The summed E-state index contributed by atoms with van der Waals surface area (Å²) in [4.78, 5) is 14.2. The second kappa shape index (κ2) is 4.93. The van der Waals surface area contributed by atoms with Gasteiger partial charge in [-0.1, -0.05) is 0 Å². The number of aromatic nitrogens is 2. The number of hydrogen-bond acceptors (Lipinski definition) is 3. The van der Waals surface area contributed by atoms with Crippen molar-refractivity contribution in [2.75, 3.05) is 13.1 Å². The number of hydrogen-bond donors (Lipinski definition) is 0. The minimum Gasteiger partial charge on any atom is -0.372 e. The molecule has 0 aliphatic carbocycles. The van der Waals surface area contributed by atoms with E-state index in [1.165, 1.54) is 0 Å². The fourth-order valence-corrected chi connectivity index (χ4v) is 2.85. The second-order valence-electron chi connectivity index (χ2n) is 4.43. The second-order valence-corrected chi connectivity index (χ2v) is 5.59. The van der Waals surface area contributed by atoms with Gasteiger partial charge in [-0.25, -0.2) is 0 Å². The first-order valence-corrected chi connectivity index (χ1v) is 6.69. The average molecular weight is 349 g/mol. The molecule has 0 radical (unpaired) electrons. The molecule has 0 unspecified atom stereocenters. The summed E-state index contributed by atoms with van der Waals surface area (Å²) in [5.41, 5.74) is 0.659. The Morgan fingerprint density at radius 3 is 2.53 bits per heavy atom. The average Bonchev–Trinajstić information content (AvgIpc) is 2.56. The number of carbonyl (C=O) groups excluding carboxylic acids is 1. The molecule has 0 spiro atoms. The number of morpholine rings is 1. The number of ether oxygens (including phenoxy) is 1. The maximum Gasteiger partial charge on any atom is 0.273 e. The summed E-state index contributed by atoms with van der Waals surface area (Å²) in [5, 5.41) is 4.10. The lowest BCUT2D eigenvalue weighted by molar-refractivity contribution is -0.0588. The molecule has 2 atom stereocenters. The Bertz CT molecular complexity index is 403. The molecule has 17 heavy (non-hydrogen) atoms. The minimum atomic E-state index is 0.0383. The minimum absolute atomic E-state index is 0.0383. The molecular weight excluding hydrogens is 333 g/mol. The predicted octanol–water partition coefficient (Wildman–Crippen LogP) is 1.27. The van der Waals surface area contributed by atoms with E-state index >= 15 is 0 Å². The molecule has 0 aromatic carbocycles. The van der Waals surface area contributed by atoms with Gasteiger partial charge in [0.05, 0.1) is 22.0 Å². The van der Waals surface area contributed by atoms with Gasteiger partial charge >= 0.3 is 0 Å². The molecule has 6 heteroatoms. The Hall–Kier alpha value is -0.630. The topological polar surface area (TPSA) is 47.4 Å². The van der Waals surface area contributed by atoms with Crippen molar-refractivity contribution in [3.8, 4) is 0 Å². The molecule has 1 aromatic heterocycles. The molecule has 2 rings (SSSR count). The number of rotatable bonds is 1. The summed E-state index contributed by atoms with van der Waals surface area (Å²) in [6.45, 7) is 5.27. The van der Waals surface area contributed by atoms with Crippen LogP contribution < -0.4 is 0 Å². The van der Waals surface area contributed by atoms with Crippen LogP contribution in [0.15, 0.2) is 6.20 Å². The molecule has 5 nitrogen and oxygen atoms in total. The smallest absolute Gasteiger partial charge is 0.273 e. The molecule has 0 N–H and O–H groups in total. The first kappa shape index (κ1) is 12.8. The highest BCUT2D eigenvalue weighted by molar-refractivity contribution is 14.1. The molecule has 94 valence electrons. The van der Waals surface area contributed by atoms with E-state index in [-0.39, 0.29) is 18.1 Å². The van der Waals surface area contributed by atoms with Crippen molar-refractivity contribution in [2.45, 2.75) is 26.1 Å². The fraction of sp³-hybridized carbons (Fsp3) is 0.636. The number of amides is 1. The molecule has 1 fully saturated rings. The summed E-state index contributed by atoms with van der Waals surface area (Å²) < 4.78 is 8.15. The zero-order chi connectivity index (χ0) is 12.6. The van der Waals surface area contributed by atoms with E-state index in [1.54, 1.807) is 17.9 Å². The van der Waals surface area contributed by atoms with Crippen LogP contribution in [0, 0.1) is 3.57 Å². The van der Waals surface area contributed by atoms with E-state index in [2.05, 4.69) is 27.7 Å². The van der Waals surface area contributed by atoms with Gasteiger partial charge in [-0.3, -0.25) is 9.48 Å². The Morgan fingerprint density at radius 2 is 2.06 bits per heavy atom. The lowest BCUT2D eigenvalue weighted by Crippen LogP contribution is -2.48. The van der Waals surface area contributed by atoms with Crippen molar-refractivity contribution in [3.05, 3.63) is 15.5 Å². The Morgan fingerprint density at radius 1 is 1.47 bits per heavy atom. The third-order valence-electron chi connectivity index (χ3n) is 2.80. The van der Waals surface area contributed by atoms with Crippen LogP contribution >= 0.6 is 22.6 Å². The largest absolute Gasteiger partial charge is 0.372 e. The fourth-order valence-electron chi connectivity index (χ4n) is 2.14. The monoisotopic (exact) mass is 349 g/mol. The van der Waals surface area contributed by atoms with Crippen molar-refractivity contribution < 1.29 is 9.53 Å². The number of carbonyl (C=O) groups is 1. The molecule has 1 aliphatic heterocycles. The standard InChI is InChI=1S/C11H16IN3O2/c1-7-5-15(6-8(2)17-7)11(16)10-9(12)4-13-14(10)3/h4,7-8H,5-6H2,1-3H3/t7-,8-/m0/s1. The van der Waals surface area contributed by atoms with Crippen LogP contribution in [0.4, 0.5) is 0 Å². The highest BCUT2D eigenvalue weighted by atomic mass is 127. The van der Waals surface area contributed by atoms with Gasteiger partial charge in [-0.05, 0) is 36.4 Å². The summed E-state index contributed by atoms with van der Waals surface area (Å²) in [6.07, 6.45) is 1.89. The summed E-state index contributed by atoms with van der Waals surface area (Å²) in [5.74, 6) is 0.0383. The van der Waals surface area contributed by atoms with Crippen LogP contribution in [-0.2, 0) is 11.8 Å². The van der Waals surface area contributed by atoms with Gasteiger partial charge in [0.1, 0.15) is 5.69 Å². The van der Waals surface area contributed by atoms with Crippen LogP contribution in [0.1, 0.15) is 24.3 Å². The first-order valence-electron chi connectivity index (χ1n) is 5.61. The van der Waals surface area contributed by atoms with Gasteiger partial charge in [0.25, 0.3) is 5.91 Å². The lowest BCUT2D eigenvalue weighted by atomic mass is 10.2. The van der Waals surface area contributed by atoms with Crippen LogP contribution in [0.2, 0.25) is 0 Å². The van der Waals surface area contributed by atoms with Gasteiger partial charge in [0.15, 0.2) is 0 Å². The van der Waals surface area contributed by atoms with Gasteiger partial charge in [0, 0.05) is 20.1 Å². The highest BCUT2D eigenvalue weighted by Gasteiger charge is 2.29. The summed E-state index contributed by atoms with van der Waals surface area (Å²) >= 11 is 2.14. The SMILES string of the molecule is C[C@H]1CN(C(=O)c2c(I)cnn2C)C[C@H](C)O1. The maximum absolute atomic E-state index is 12.4. The molecular formula is C11H16IN3O2. The van der Waals surface area contributed by atoms with Crippen molar-refractivity contribution in [1.82, 2.24) is 14.7 Å². The van der Waals surface area contributed by atoms with E-state index in [4.69, 9.17) is 4.74 Å². The van der Waals surface area contributed by atoms with Gasteiger partial charge in [-0.15, -0.1) is 0 Å². The third kappa shape index (κ3) is 2.62. The third-order valence-corrected chi connectivity index (χ3v) is 3.59. The first-order chi connectivity index (χ1) is 7.99. The van der Waals surface area contributed by atoms with Crippen molar-refractivity contribution >= 4 is 28.5 Å². The van der Waals surface area contributed by atoms with Crippen LogP contribution in [-0.4, -0.2) is 45.9 Å². The zero-order valence-corrected chi connectivity index (χ0v) is 12.3. The summed E-state index contributed by atoms with van der Waals surface area (Å²) in [7, 11) is 1.79. The van der Waals surface area contributed by atoms with E-state index in [0.29, 0.717) is 18.8 Å². The lowest BCUT2D eigenvalue weighted by Gasteiger charge is -2.35. The highest BCUT2D eigenvalue weighted by Crippen LogP contribution is 2.17. The molecule has 2 heterocycles. The van der Waals surface area contributed by atoms with Crippen LogP contribution in [0.5, 0.6) is 0 Å². The normalized spacial score (nSPS) is 25.1. The maximum atomic E-state index is 12.4. The Labute approximate surface area is 114 Å². The number of nitrogens with zero attached hydrogens (tertiary/aromatic N) is 3. The van der Waals surface area contributed by atoms with E-state index in [9.17, 15) is 4.79 Å². The molecule has 1 amide bonds. The molecule has 1 aromatic rings. The van der Waals surface area contributed by atoms with E-state index in [1.807, 2.05) is 18.7 Å². The quantitative estimate of drug-likeness (QED) is 0.718. The number of halogens is 1. The van der Waals surface area contributed by atoms with E-state index in [0.717, 1.165) is 3.57 Å². The van der Waals surface area contributed by atoms with Gasteiger partial charge in [-0.2, -0.15) is 5.10 Å².